The molecule has 0 aliphatic carbocycles. The fourth-order valence-electron chi connectivity index (χ4n) is 2.32. The van der Waals surface area contributed by atoms with Crippen LogP contribution in [0.4, 0.5) is 0 Å². The maximum Gasteiger partial charge on any atom is 0.175 e. The second kappa shape index (κ2) is 7.31. The number of benzene rings is 1. The maximum atomic E-state index is 5.66. The monoisotopic (exact) mass is 277 g/mol. The molecule has 0 bridgehead atoms. The zero-order chi connectivity index (χ0) is 14.4. The lowest BCUT2D eigenvalue weighted by molar-refractivity contribution is -0.143. The van der Waals surface area contributed by atoms with Crippen molar-refractivity contribution in [2.75, 3.05) is 19.8 Å². The molecule has 0 spiro atoms. The van der Waals surface area contributed by atoms with Crippen molar-refractivity contribution in [3.05, 3.63) is 30.5 Å². The molecular formula is C16H23NO3. The summed E-state index contributed by atoms with van der Waals surface area (Å²) in [5.41, 5.74) is 1.14. The lowest BCUT2D eigenvalue weighted by Crippen LogP contribution is -2.23. The quantitative estimate of drug-likeness (QED) is 0.693. The fourth-order valence-corrected chi connectivity index (χ4v) is 2.32. The molecule has 0 N–H and O–H groups in total. The first-order valence-corrected chi connectivity index (χ1v) is 7.24. The van der Waals surface area contributed by atoms with Gasteiger partial charge in [0.2, 0.25) is 0 Å². The number of hydrogen-bond acceptors (Lipinski definition) is 3. The van der Waals surface area contributed by atoms with Crippen molar-refractivity contribution in [3.63, 3.8) is 0 Å². The van der Waals surface area contributed by atoms with Crippen LogP contribution in [0.15, 0.2) is 30.5 Å². The number of rotatable bonds is 8. The molecule has 1 aromatic carbocycles. The number of aromatic nitrogens is 1. The van der Waals surface area contributed by atoms with E-state index >= 15 is 0 Å². The van der Waals surface area contributed by atoms with E-state index in [1.165, 1.54) is 0 Å². The zero-order valence-electron chi connectivity index (χ0n) is 12.5. The summed E-state index contributed by atoms with van der Waals surface area (Å²) in [6, 6.07) is 8.18. The Kier molecular flexibility index (Phi) is 5.44. The minimum absolute atomic E-state index is 0.212. The predicted octanol–water partition coefficient (Wildman–Crippen LogP) is 3.44. The smallest absolute Gasteiger partial charge is 0.175 e. The summed E-state index contributed by atoms with van der Waals surface area (Å²) in [5, 5.41) is 1.13. The van der Waals surface area contributed by atoms with Crippen molar-refractivity contribution in [3.8, 4) is 5.75 Å². The Labute approximate surface area is 120 Å². The van der Waals surface area contributed by atoms with Crippen LogP contribution in [0.3, 0.4) is 0 Å². The van der Waals surface area contributed by atoms with Crippen LogP contribution in [0.5, 0.6) is 5.75 Å². The molecule has 0 fully saturated rings. The average molecular weight is 277 g/mol. The third kappa shape index (κ3) is 3.32. The number of fused-ring (bicyclic) bond motifs is 1. The van der Waals surface area contributed by atoms with Gasteiger partial charge in [-0.1, -0.05) is 6.07 Å². The molecule has 0 aliphatic rings. The molecule has 4 nitrogen and oxygen atoms in total. The summed E-state index contributed by atoms with van der Waals surface area (Å²) >= 11 is 0. The van der Waals surface area contributed by atoms with E-state index in [4.69, 9.17) is 14.2 Å². The van der Waals surface area contributed by atoms with Gasteiger partial charge >= 0.3 is 0 Å². The molecule has 1 heterocycles. The van der Waals surface area contributed by atoms with E-state index in [9.17, 15) is 0 Å². The highest BCUT2D eigenvalue weighted by Crippen LogP contribution is 2.27. The van der Waals surface area contributed by atoms with Gasteiger partial charge in [-0.25, -0.2) is 0 Å². The number of ether oxygens (including phenoxy) is 3. The van der Waals surface area contributed by atoms with E-state index in [0.29, 0.717) is 26.4 Å². The Morgan fingerprint density at radius 3 is 2.40 bits per heavy atom. The summed E-state index contributed by atoms with van der Waals surface area (Å²) in [6.45, 7) is 8.60. The summed E-state index contributed by atoms with van der Waals surface area (Å²) < 4.78 is 19.0. The minimum atomic E-state index is -0.212. The molecule has 0 atom stereocenters. The average Bonchev–Trinajstić information content (AvgIpc) is 2.84. The topological polar surface area (TPSA) is 32.6 Å². The minimum Gasteiger partial charge on any atom is -0.493 e. The third-order valence-corrected chi connectivity index (χ3v) is 3.12. The van der Waals surface area contributed by atoms with Crippen molar-refractivity contribution in [1.29, 1.82) is 0 Å². The molecule has 0 unspecified atom stereocenters. The van der Waals surface area contributed by atoms with Crippen molar-refractivity contribution in [2.45, 2.75) is 33.6 Å². The van der Waals surface area contributed by atoms with Crippen molar-refractivity contribution in [2.24, 2.45) is 0 Å². The van der Waals surface area contributed by atoms with E-state index in [2.05, 4.69) is 22.9 Å². The Morgan fingerprint density at radius 2 is 1.75 bits per heavy atom. The van der Waals surface area contributed by atoms with Crippen molar-refractivity contribution in [1.82, 2.24) is 4.57 Å². The Morgan fingerprint density at radius 1 is 1.00 bits per heavy atom. The van der Waals surface area contributed by atoms with Gasteiger partial charge in [0.15, 0.2) is 6.29 Å². The SMILES string of the molecule is CCOc1cccc2c1ccn2CC(OCC)OCC. The highest BCUT2D eigenvalue weighted by atomic mass is 16.7. The Bertz CT molecular complexity index is 530. The molecular weight excluding hydrogens is 254 g/mol. The lowest BCUT2D eigenvalue weighted by Gasteiger charge is -2.18. The molecule has 0 aliphatic heterocycles. The summed E-state index contributed by atoms with van der Waals surface area (Å²) in [4.78, 5) is 0. The van der Waals surface area contributed by atoms with E-state index in [0.717, 1.165) is 16.7 Å². The fraction of sp³-hybridized carbons (Fsp3) is 0.500. The van der Waals surface area contributed by atoms with E-state index in [1.807, 2.05) is 32.9 Å². The molecule has 0 saturated heterocycles. The van der Waals surface area contributed by atoms with Crippen LogP contribution in [0, 0.1) is 0 Å². The van der Waals surface area contributed by atoms with Gasteiger partial charge in [-0.2, -0.15) is 0 Å². The molecule has 110 valence electrons. The van der Waals surface area contributed by atoms with Crippen LogP contribution in [0.1, 0.15) is 20.8 Å². The van der Waals surface area contributed by atoms with E-state index in [-0.39, 0.29) is 6.29 Å². The molecule has 4 heteroatoms. The van der Waals surface area contributed by atoms with Gasteiger partial charge in [0.25, 0.3) is 0 Å². The van der Waals surface area contributed by atoms with Crippen LogP contribution in [0.25, 0.3) is 10.9 Å². The van der Waals surface area contributed by atoms with Crippen LogP contribution < -0.4 is 4.74 Å². The normalized spacial score (nSPS) is 11.4. The molecule has 2 aromatic rings. The van der Waals surface area contributed by atoms with Crippen molar-refractivity contribution >= 4 is 10.9 Å². The molecule has 0 saturated carbocycles. The zero-order valence-corrected chi connectivity index (χ0v) is 12.5. The third-order valence-electron chi connectivity index (χ3n) is 3.12. The van der Waals surface area contributed by atoms with Crippen molar-refractivity contribution < 1.29 is 14.2 Å². The van der Waals surface area contributed by atoms with Gasteiger partial charge in [-0.05, 0) is 39.0 Å². The Hall–Kier alpha value is -1.52. The van der Waals surface area contributed by atoms with Gasteiger partial charge in [0, 0.05) is 24.8 Å². The summed E-state index contributed by atoms with van der Waals surface area (Å²) in [7, 11) is 0. The molecule has 0 amide bonds. The molecule has 2 rings (SSSR count). The van der Waals surface area contributed by atoms with Crippen LogP contribution in [-0.2, 0) is 16.0 Å². The van der Waals surface area contributed by atoms with Crippen LogP contribution in [0.2, 0.25) is 0 Å². The van der Waals surface area contributed by atoms with Gasteiger partial charge in [0.05, 0.1) is 18.7 Å². The lowest BCUT2D eigenvalue weighted by atomic mass is 10.2. The van der Waals surface area contributed by atoms with Gasteiger partial charge in [-0.3, -0.25) is 0 Å². The first-order valence-electron chi connectivity index (χ1n) is 7.24. The molecule has 20 heavy (non-hydrogen) atoms. The first kappa shape index (κ1) is 14.9. The van der Waals surface area contributed by atoms with Gasteiger partial charge in [-0.15, -0.1) is 0 Å². The number of hydrogen-bond donors (Lipinski definition) is 0. The Balaban J connectivity index is 2.24. The summed E-state index contributed by atoms with van der Waals surface area (Å²) in [6.07, 6.45) is 1.84. The highest BCUT2D eigenvalue weighted by Gasteiger charge is 2.12. The van der Waals surface area contributed by atoms with Crippen LogP contribution in [-0.4, -0.2) is 30.7 Å². The second-order valence-corrected chi connectivity index (χ2v) is 4.43. The van der Waals surface area contributed by atoms with E-state index < -0.39 is 0 Å². The number of nitrogens with zero attached hydrogens (tertiary/aromatic N) is 1. The first-order chi connectivity index (χ1) is 9.80. The molecule has 1 aromatic heterocycles. The van der Waals surface area contributed by atoms with Gasteiger partial charge in [0.1, 0.15) is 5.75 Å². The van der Waals surface area contributed by atoms with Gasteiger partial charge < -0.3 is 18.8 Å². The van der Waals surface area contributed by atoms with Crippen LogP contribution >= 0.6 is 0 Å². The van der Waals surface area contributed by atoms with E-state index in [1.54, 1.807) is 0 Å². The summed E-state index contributed by atoms with van der Waals surface area (Å²) in [5.74, 6) is 0.924. The molecule has 0 radical (unpaired) electrons. The largest absolute Gasteiger partial charge is 0.493 e. The predicted molar refractivity (Wildman–Crippen MR) is 80.1 cm³/mol. The standard InChI is InChI=1S/C16H23NO3/c1-4-18-15-9-7-8-14-13(15)10-11-17(14)12-16(19-5-2)20-6-3/h7-11,16H,4-6,12H2,1-3H3. The highest BCUT2D eigenvalue weighted by molar-refractivity contribution is 5.86. The second-order valence-electron chi connectivity index (χ2n) is 4.43. The maximum absolute atomic E-state index is 5.66.